The molecule has 2 saturated heterocycles. The van der Waals surface area contributed by atoms with Gasteiger partial charge in [0.1, 0.15) is 6.10 Å². The van der Waals surface area contributed by atoms with Gasteiger partial charge in [0.2, 0.25) is 17.1 Å². The zero-order valence-corrected chi connectivity index (χ0v) is 17.5. The van der Waals surface area contributed by atoms with Crippen LogP contribution in [0.3, 0.4) is 0 Å². The average molecular weight is 424 g/mol. The maximum Gasteiger partial charge on any atom is 0.217 e. The summed E-state index contributed by atoms with van der Waals surface area (Å²) in [6, 6.07) is 8.97. The molecule has 160 valence electrons. The predicted molar refractivity (Wildman–Crippen MR) is 104 cm³/mol. The molecule has 5 unspecified atom stereocenters. The Morgan fingerprint density at radius 3 is 2.32 bits per heavy atom. The summed E-state index contributed by atoms with van der Waals surface area (Å²) in [4.78, 5) is 0. The SMILES string of the molecule is CC(C)(C)C1CCC23OC(=N)C(C#N)(C2C1)C(C#N)(C#N)C(c1ccc(F)c(F)c1)O3. The number of nitrogens with zero attached hydrogens (tertiary/aromatic N) is 3. The molecule has 1 aliphatic carbocycles. The molecule has 1 aromatic carbocycles. The van der Waals surface area contributed by atoms with Gasteiger partial charge in [0.15, 0.2) is 17.0 Å². The van der Waals surface area contributed by atoms with E-state index in [2.05, 4.69) is 26.8 Å². The van der Waals surface area contributed by atoms with E-state index in [4.69, 9.17) is 14.9 Å². The molecule has 1 N–H and O–H groups in total. The lowest BCUT2D eigenvalue weighted by molar-refractivity contribution is -0.301. The molecule has 2 bridgehead atoms. The zero-order chi connectivity index (χ0) is 22.8. The lowest BCUT2D eigenvalue weighted by Gasteiger charge is -2.54. The Morgan fingerprint density at radius 2 is 1.77 bits per heavy atom. The fourth-order valence-electron chi connectivity index (χ4n) is 5.60. The minimum absolute atomic E-state index is 0.0516. The van der Waals surface area contributed by atoms with Gasteiger partial charge in [-0.05, 0) is 41.9 Å². The van der Waals surface area contributed by atoms with Crippen LogP contribution in [0.4, 0.5) is 8.78 Å². The smallest absolute Gasteiger partial charge is 0.217 e. The van der Waals surface area contributed by atoms with E-state index in [0.29, 0.717) is 19.3 Å². The highest BCUT2D eigenvalue weighted by Crippen LogP contribution is 2.70. The number of hydrogen-bond acceptors (Lipinski definition) is 6. The molecule has 0 amide bonds. The maximum atomic E-state index is 14.0. The molecule has 1 saturated carbocycles. The molecule has 6 nitrogen and oxygen atoms in total. The normalized spacial score (nSPS) is 35.8. The molecule has 31 heavy (non-hydrogen) atoms. The van der Waals surface area contributed by atoms with E-state index in [1.165, 1.54) is 6.07 Å². The minimum Gasteiger partial charge on any atom is -0.447 e. The molecule has 2 heterocycles. The van der Waals surface area contributed by atoms with Gasteiger partial charge in [-0.15, -0.1) is 0 Å². The molecular formula is C23H22F2N4O2. The molecular weight excluding hydrogens is 402 g/mol. The van der Waals surface area contributed by atoms with Crippen LogP contribution in [0.1, 0.15) is 51.7 Å². The second kappa shape index (κ2) is 6.49. The molecule has 0 aromatic heterocycles. The maximum absolute atomic E-state index is 14.0. The summed E-state index contributed by atoms with van der Waals surface area (Å²) >= 11 is 0. The number of nitrogens with one attached hydrogen (secondary N) is 1. The number of benzene rings is 1. The molecule has 4 rings (SSSR count). The minimum atomic E-state index is -2.17. The molecule has 2 aliphatic heterocycles. The van der Waals surface area contributed by atoms with Crippen molar-refractivity contribution in [3.63, 3.8) is 0 Å². The Hall–Kier alpha value is -3.02. The fraction of sp³-hybridized carbons (Fsp3) is 0.565. The van der Waals surface area contributed by atoms with E-state index in [1.54, 1.807) is 0 Å². The molecule has 0 radical (unpaired) electrons. The topological polar surface area (TPSA) is 114 Å². The van der Waals surface area contributed by atoms with E-state index < -0.39 is 46.2 Å². The fourth-order valence-corrected chi connectivity index (χ4v) is 5.60. The van der Waals surface area contributed by atoms with E-state index in [1.807, 2.05) is 12.1 Å². The summed E-state index contributed by atoms with van der Waals surface area (Å²) in [5, 5.41) is 39.4. The first-order valence-electron chi connectivity index (χ1n) is 10.2. The Morgan fingerprint density at radius 1 is 1.10 bits per heavy atom. The molecule has 3 fully saturated rings. The van der Waals surface area contributed by atoms with Crippen molar-refractivity contribution in [2.45, 2.75) is 51.9 Å². The van der Waals surface area contributed by atoms with Gasteiger partial charge in [-0.2, -0.15) is 15.8 Å². The second-order valence-corrected chi connectivity index (χ2v) is 9.76. The van der Waals surface area contributed by atoms with Crippen LogP contribution in [0.15, 0.2) is 18.2 Å². The Kier molecular flexibility index (Phi) is 4.44. The third kappa shape index (κ3) is 2.51. The first-order valence-corrected chi connectivity index (χ1v) is 10.2. The van der Waals surface area contributed by atoms with Crippen LogP contribution in [0.5, 0.6) is 0 Å². The van der Waals surface area contributed by atoms with Crippen molar-refractivity contribution in [1.82, 2.24) is 0 Å². The van der Waals surface area contributed by atoms with Crippen LogP contribution in [-0.2, 0) is 9.47 Å². The number of halogens is 2. The van der Waals surface area contributed by atoms with Gasteiger partial charge in [0.05, 0.1) is 24.1 Å². The monoisotopic (exact) mass is 424 g/mol. The van der Waals surface area contributed by atoms with Gasteiger partial charge in [-0.25, -0.2) is 8.78 Å². The van der Waals surface area contributed by atoms with Crippen LogP contribution >= 0.6 is 0 Å². The average Bonchev–Trinajstić information content (AvgIpc) is 2.93. The van der Waals surface area contributed by atoms with Gasteiger partial charge < -0.3 is 9.47 Å². The molecule has 8 heteroatoms. The lowest BCUT2D eigenvalue weighted by Crippen LogP contribution is -2.61. The molecule has 0 spiro atoms. The largest absolute Gasteiger partial charge is 0.447 e. The van der Waals surface area contributed by atoms with Gasteiger partial charge in [-0.1, -0.05) is 26.8 Å². The summed E-state index contributed by atoms with van der Waals surface area (Å²) in [5.41, 5.74) is -4.11. The second-order valence-electron chi connectivity index (χ2n) is 9.76. The highest BCUT2D eigenvalue weighted by atomic mass is 19.2. The van der Waals surface area contributed by atoms with Crippen LogP contribution in [0.2, 0.25) is 0 Å². The van der Waals surface area contributed by atoms with Crippen LogP contribution in [0.25, 0.3) is 0 Å². The Balaban J connectivity index is 1.95. The lowest BCUT2D eigenvalue weighted by atomic mass is 9.49. The van der Waals surface area contributed by atoms with Crippen molar-refractivity contribution in [2.75, 3.05) is 0 Å². The van der Waals surface area contributed by atoms with Gasteiger partial charge in [0.25, 0.3) is 0 Å². The van der Waals surface area contributed by atoms with Crippen molar-refractivity contribution in [3.8, 4) is 18.2 Å². The number of rotatable bonds is 1. The van der Waals surface area contributed by atoms with E-state index >= 15 is 0 Å². The van der Waals surface area contributed by atoms with Gasteiger partial charge >= 0.3 is 0 Å². The van der Waals surface area contributed by atoms with Crippen molar-refractivity contribution in [2.24, 2.45) is 28.1 Å². The first kappa shape index (κ1) is 21.2. The summed E-state index contributed by atoms with van der Waals surface area (Å²) in [7, 11) is 0. The number of ether oxygens (including phenoxy) is 2. The quantitative estimate of drug-likeness (QED) is 0.699. The third-order valence-electron chi connectivity index (χ3n) is 7.38. The highest BCUT2D eigenvalue weighted by molar-refractivity contribution is 5.89. The van der Waals surface area contributed by atoms with E-state index in [9.17, 15) is 24.6 Å². The van der Waals surface area contributed by atoms with E-state index in [0.717, 1.165) is 12.1 Å². The number of nitriles is 3. The van der Waals surface area contributed by atoms with E-state index in [-0.39, 0.29) is 16.9 Å². The first-order chi connectivity index (χ1) is 14.5. The van der Waals surface area contributed by atoms with Crippen LogP contribution in [0, 0.1) is 79.1 Å². The van der Waals surface area contributed by atoms with Crippen molar-refractivity contribution in [3.05, 3.63) is 35.4 Å². The van der Waals surface area contributed by atoms with Crippen LogP contribution in [-0.4, -0.2) is 11.7 Å². The number of hydrogen-bond donors (Lipinski definition) is 1. The third-order valence-corrected chi connectivity index (χ3v) is 7.38. The molecule has 1 aromatic rings. The summed E-state index contributed by atoms with van der Waals surface area (Å²) in [5.74, 6) is -4.63. The molecule has 5 atom stereocenters. The summed E-state index contributed by atoms with van der Waals surface area (Å²) in [6.07, 6.45) is 0.112. The zero-order valence-electron chi connectivity index (χ0n) is 17.5. The Bertz CT molecular complexity index is 1080. The van der Waals surface area contributed by atoms with Crippen molar-refractivity contribution in [1.29, 1.82) is 21.2 Å². The van der Waals surface area contributed by atoms with Crippen molar-refractivity contribution < 1.29 is 18.3 Å². The van der Waals surface area contributed by atoms with Crippen LogP contribution < -0.4 is 0 Å². The van der Waals surface area contributed by atoms with Gasteiger partial charge in [-0.3, -0.25) is 5.41 Å². The van der Waals surface area contributed by atoms with Crippen molar-refractivity contribution >= 4 is 5.90 Å². The highest BCUT2D eigenvalue weighted by Gasteiger charge is 2.81. The summed E-state index contributed by atoms with van der Waals surface area (Å²) in [6.45, 7) is 6.25. The predicted octanol–water partition coefficient (Wildman–Crippen LogP) is 4.75. The standard InChI is InChI=1S/C23H22F2N4O2/c1-20(2,3)14-6-7-23-17(9-14)22(12-28,19(29)31-23)21(10-26,11-27)18(30-23)13-4-5-15(24)16(25)8-13/h4-5,8,14,17-18,29H,6-7,9H2,1-3H3. The Labute approximate surface area is 179 Å². The molecule has 3 aliphatic rings. The van der Waals surface area contributed by atoms with Gasteiger partial charge in [0, 0.05) is 6.42 Å². The summed E-state index contributed by atoms with van der Waals surface area (Å²) < 4.78 is 39.7.